The van der Waals surface area contributed by atoms with Crippen LogP contribution in [0.25, 0.3) is 0 Å². The highest BCUT2D eigenvalue weighted by molar-refractivity contribution is 5.91. The normalized spacial score (nSPS) is 17.9. The SMILES string of the molecule is O=C(c1ccco1)N1CCN(c2ncnc3c2CCCC3)CC1. The molecule has 0 spiro atoms. The summed E-state index contributed by atoms with van der Waals surface area (Å²) in [5.74, 6) is 1.46. The summed E-state index contributed by atoms with van der Waals surface area (Å²) in [5.41, 5.74) is 2.51. The van der Waals surface area contributed by atoms with E-state index >= 15 is 0 Å². The lowest BCUT2D eigenvalue weighted by Gasteiger charge is -2.36. The van der Waals surface area contributed by atoms with Crippen molar-refractivity contribution >= 4 is 11.7 Å². The van der Waals surface area contributed by atoms with Crippen LogP contribution < -0.4 is 4.90 Å². The fourth-order valence-corrected chi connectivity index (χ4v) is 3.45. The van der Waals surface area contributed by atoms with E-state index < -0.39 is 0 Å². The van der Waals surface area contributed by atoms with Gasteiger partial charge in [-0.05, 0) is 37.8 Å². The van der Waals surface area contributed by atoms with E-state index in [4.69, 9.17) is 4.42 Å². The van der Waals surface area contributed by atoms with Gasteiger partial charge >= 0.3 is 0 Å². The zero-order chi connectivity index (χ0) is 15.6. The maximum Gasteiger partial charge on any atom is 0.289 e. The van der Waals surface area contributed by atoms with Crippen molar-refractivity contribution in [3.05, 3.63) is 41.7 Å². The summed E-state index contributed by atoms with van der Waals surface area (Å²) >= 11 is 0. The molecule has 0 atom stereocenters. The molecule has 0 bridgehead atoms. The Labute approximate surface area is 135 Å². The van der Waals surface area contributed by atoms with Gasteiger partial charge in [0.25, 0.3) is 5.91 Å². The number of hydrogen-bond acceptors (Lipinski definition) is 5. The number of aromatic nitrogens is 2. The highest BCUT2D eigenvalue weighted by Gasteiger charge is 2.26. The second-order valence-electron chi connectivity index (χ2n) is 6.09. The number of furan rings is 1. The molecule has 4 rings (SSSR count). The van der Waals surface area contributed by atoms with Crippen LogP contribution in [-0.4, -0.2) is 47.0 Å². The third-order valence-electron chi connectivity index (χ3n) is 4.70. The van der Waals surface area contributed by atoms with E-state index in [0.717, 1.165) is 31.7 Å². The molecule has 6 heteroatoms. The Balaban J connectivity index is 1.47. The van der Waals surface area contributed by atoms with Gasteiger partial charge < -0.3 is 14.2 Å². The Morgan fingerprint density at radius 3 is 2.70 bits per heavy atom. The molecule has 2 aliphatic rings. The van der Waals surface area contributed by atoms with Gasteiger partial charge in [0, 0.05) is 37.4 Å². The van der Waals surface area contributed by atoms with Gasteiger partial charge in [0.1, 0.15) is 12.1 Å². The molecule has 0 radical (unpaired) electrons. The predicted molar refractivity (Wildman–Crippen MR) is 85.5 cm³/mol. The van der Waals surface area contributed by atoms with Crippen molar-refractivity contribution in [3.63, 3.8) is 0 Å². The first kappa shape index (κ1) is 14.2. The largest absolute Gasteiger partial charge is 0.459 e. The standard InChI is InChI=1S/C17H20N4O2/c22-17(15-6-3-11-23-15)21-9-7-20(8-10-21)16-13-4-1-2-5-14(13)18-12-19-16/h3,6,11-12H,1-2,4-5,7-10H2. The summed E-state index contributed by atoms with van der Waals surface area (Å²) in [7, 11) is 0. The van der Waals surface area contributed by atoms with Crippen molar-refractivity contribution in [3.8, 4) is 0 Å². The smallest absolute Gasteiger partial charge is 0.289 e. The molecule has 1 aliphatic heterocycles. The van der Waals surface area contributed by atoms with E-state index in [1.54, 1.807) is 18.5 Å². The Morgan fingerprint density at radius 1 is 1.09 bits per heavy atom. The van der Waals surface area contributed by atoms with Gasteiger partial charge in [-0.1, -0.05) is 0 Å². The third-order valence-corrected chi connectivity index (χ3v) is 4.70. The molecule has 2 aromatic heterocycles. The number of amides is 1. The number of piperazine rings is 1. The molecule has 1 fully saturated rings. The van der Waals surface area contributed by atoms with Gasteiger partial charge in [-0.15, -0.1) is 0 Å². The number of nitrogens with zero attached hydrogens (tertiary/aromatic N) is 4. The van der Waals surface area contributed by atoms with Crippen LogP contribution in [0.1, 0.15) is 34.7 Å². The van der Waals surface area contributed by atoms with E-state index in [0.29, 0.717) is 18.8 Å². The zero-order valence-electron chi connectivity index (χ0n) is 13.1. The second-order valence-corrected chi connectivity index (χ2v) is 6.09. The number of aryl methyl sites for hydroxylation is 1. The first-order valence-corrected chi connectivity index (χ1v) is 8.23. The van der Waals surface area contributed by atoms with E-state index in [-0.39, 0.29) is 5.91 Å². The van der Waals surface area contributed by atoms with Crippen molar-refractivity contribution in [1.82, 2.24) is 14.9 Å². The fourth-order valence-electron chi connectivity index (χ4n) is 3.45. The topological polar surface area (TPSA) is 62.5 Å². The summed E-state index contributed by atoms with van der Waals surface area (Å²) in [6, 6.07) is 3.46. The van der Waals surface area contributed by atoms with E-state index in [1.165, 1.54) is 30.4 Å². The fraction of sp³-hybridized carbons (Fsp3) is 0.471. The van der Waals surface area contributed by atoms with Gasteiger partial charge in [0.15, 0.2) is 5.76 Å². The van der Waals surface area contributed by atoms with Crippen LogP contribution in [0.15, 0.2) is 29.1 Å². The minimum absolute atomic E-state index is 0.0284. The molecule has 6 nitrogen and oxygen atoms in total. The lowest BCUT2D eigenvalue weighted by Crippen LogP contribution is -2.49. The minimum Gasteiger partial charge on any atom is -0.459 e. The highest BCUT2D eigenvalue weighted by Crippen LogP contribution is 2.27. The molecule has 0 unspecified atom stereocenters. The summed E-state index contributed by atoms with van der Waals surface area (Å²) < 4.78 is 5.21. The first-order valence-electron chi connectivity index (χ1n) is 8.23. The summed E-state index contributed by atoms with van der Waals surface area (Å²) in [6.45, 7) is 2.99. The monoisotopic (exact) mass is 312 g/mol. The molecule has 120 valence electrons. The Morgan fingerprint density at radius 2 is 1.91 bits per heavy atom. The Kier molecular flexibility index (Phi) is 3.73. The minimum atomic E-state index is -0.0284. The van der Waals surface area contributed by atoms with Gasteiger partial charge in [0.2, 0.25) is 0 Å². The van der Waals surface area contributed by atoms with Crippen LogP contribution in [0.5, 0.6) is 0 Å². The van der Waals surface area contributed by atoms with Crippen LogP contribution in [-0.2, 0) is 12.8 Å². The van der Waals surface area contributed by atoms with Crippen molar-refractivity contribution in [1.29, 1.82) is 0 Å². The quantitative estimate of drug-likeness (QED) is 0.847. The van der Waals surface area contributed by atoms with Crippen LogP contribution in [0, 0.1) is 0 Å². The van der Waals surface area contributed by atoms with Crippen LogP contribution in [0.3, 0.4) is 0 Å². The highest BCUT2D eigenvalue weighted by atomic mass is 16.3. The van der Waals surface area contributed by atoms with Gasteiger partial charge in [-0.2, -0.15) is 0 Å². The summed E-state index contributed by atoms with van der Waals surface area (Å²) in [6.07, 6.45) is 7.77. The molecule has 1 amide bonds. The van der Waals surface area contributed by atoms with Crippen molar-refractivity contribution in [2.75, 3.05) is 31.1 Å². The summed E-state index contributed by atoms with van der Waals surface area (Å²) in [4.78, 5) is 25.4. The average molecular weight is 312 g/mol. The Bertz CT molecular complexity index is 691. The molecule has 23 heavy (non-hydrogen) atoms. The van der Waals surface area contributed by atoms with Crippen LogP contribution >= 0.6 is 0 Å². The summed E-state index contributed by atoms with van der Waals surface area (Å²) in [5, 5.41) is 0. The van der Waals surface area contributed by atoms with Gasteiger partial charge in [-0.25, -0.2) is 9.97 Å². The number of fused-ring (bicyclic) bond motifs is 1. The van der Waals surface area contributed by atoms with E-state index in [9.17, 15) is 4.79 Å². The van der Waals surface area contributed by atoms with Crippen LogP contribution in [0.4, 0.5) is 5.82 Å². The molecule has 0 N–H and O–H groups in total. The first-order chi connectivity index (χ1) is 11.3. The number of carbonyl (C=O) groups excluding carboxylic acids is 1. The van der Waals surface area contributed by atoms with Gasteiger partial charge in [-0.3, -0.25) is 4.79 Å². The lowest BCUT2D eigenvalue weighted by atomic mass is 9.96. The van der Waals surface area contributed by atoms with Gasteiger partial charge in [0.05, 0.1) is 6.26 Å². The molecular formula is C17H20N4O2. The second kappa shape index (κ2) is 6.02. The molecule has 3 heterocycles. The average Bonchev–Trinajstić information content (AvgIpc) is 3.15. The molecule has 2 aromatic rings. The number of carbonyl (C=O) groups is 1. The third kappa shape index (κ3) is 2.69. The van der Waals surface area contributed by atoms with Crippen molar-refractivity contribution in [2.24, 2.45) is 0 Å². The van der Waals surface area contributed by atoms with Crippen molar-refractivity contribution in [2.45, 2.75) is 25.7 Å². The lowest BCUT2D eigenvalue weighted by molar-refractivity contribution is 0.0714. The molecule has 1 saturated heterocycles. The maximum atomic E-state index is 12.3. The zero-order valence-corrected chi connectivity index (χ0v) is 13.1. The predicted octanol–water partition coefficient (Wildman–Crippen LogP) is 1.91. The number of rotatable bonds is 2. The van der Waals surface area contributed by atoms with E-state index in [1.807, 2.05) is 4.90 Å². The van der Waals surface area contributed by atoms with Crippen molar-refractivity contribution < 1.29 is 9.21 Å². The Hall–Kier alpha value is -2.37. The maximum absolute atomic E-state index is 12.3. The molecular weight excluding hydrogens is 292 g/mol. The number of hydrogen-bond donors (Lipinski definition) is 0. The molecule has 1 aliphatic carbocycles. The van der Waals surface area contributed by atoms with E-state index in [2.05, 4.69) is 14.9 Å². The number of anilines is 1. The molecule has 0 aromatic carbocycles. The van der Waals surface area contributed by atoms with Crippen LogP contribution in [0.2, 0.25) is 0 Å². The molecule has 0 saturated carbocycles.